The number of aromatic nitrogens is 4. The zero-order valence-electron chi connectivity index (χ0n) is 17.6. The third-order valence-electron chi connectivity index (χ3n) is 7.21. The van der Waals surface area contributed by atoms with Gasteiger partial charge < -0.3 is 20.5 Å². The van der Waals surface area contributed by atoms with Crippen molar-refractivity contribution in [3.8, 4) is 11.4 Å². The summed E-state index contributed by atoms with van der Waals surface area (Å²) in [5, 5.41) is 26.6. The van der Waals surface area contributed by atoms with Crippen molar-refractivity contribution in [2.24, 2.45) is 17.8 Å². The fourth-order valence-electron chi connectivity index (χ4n) is 5.72. The van der Waals surface area contributed by atoms with Crippen molar-refractivity contribution in [1.82, 2.24) is 19.9 Å². The van der Waals surface area contributed by atoms with Crippen molar-refractivity contribution in [1.29, 1.82) is 0 Å². The number of aliphatic hydroxyl groups is 1. The molecule has 7 rings (SSSR count). The van der Waals surface area contributed by atoms with Gasteiger partial charge in [-0.15, -0.1) is 11.3 Å². The van der Waals surface area contributed by atoms with Gasteiger partial charge in [0.15, 0.2) is 5.82 Å². The van der Waals surface area contributed by atoms with Crippen molar-refractivity contribution in [2.75, 3.05) is 5.32 Å². The molecule has 3 fully saturated rings. The number of rotatable bonds is 5. The van der Waals surface area contributed by atoms with Gasteiger partial charge in [0, 0.05) is 11.4 Å². The number of carboxylic acid groups (broad SMARTS) is 1. The number of halogens is 1. The Balaban J connectivity index is 1.49. The first-order chi connectivity index (χ1) is 16.0. The molecule has 4 heterocycles. The van der Waals surface area contributed by atoms with Gasteiger partial charge in [-0.05, 0) is 55.0 Å². The Hall–Kier alpha value is -3.11. The highest BCUT2D eigenvalue weighted by Gasteiger charge is 2.47. The number of aromatic amines is 1. The molecular formula is C23H22FN5O3S. The molecule has 2 bridgehead atoms. The summed E-state index contributed by atoms with van der Waals surface area (Å²) < 4.78 is 14.0. The third-order valence-corrected chi connectivity index (χ3v) is 8.02. The van der Waals surface area contributed by atoms with Crippen LogP contribution in [-0.2, 0) is 11.4 Å². The number of nitrogens with one attached hydrogen (secondary N) is 2. The second kappa shape index (κ2) is 7.74. The predicted octanol–water partition coefficient (Wildman–Crippen LogP) is 4.17. The Labute approximate surface area is 191 Å². The van der Waals surface area contributed by atoms with Crippen molar-refractivity contribution >= 4 is 44.4 Å². The Kier molecular flexibility index (Phi) is 4.81. The number of fused-ring (bicyclic) bond motifs is 5. The zero-order valence-corrected chi connectivity index (χ0v) is 18.4. The molecule has 2 atom stereocenters. The van der Waals surface area contributed by atoms with Crippen LogP contribution >= 0.6 is 11.3 Å². The average molecular weight is 468 g/mol. The number of carbonyl (C=O) groups is 1. The van der Waals surface area contributed by atoms with Crippen LogP contribution in [0.15, 0.2) is 23.7 Å². The van der Waals surface area contributed by atoms with Gasteiger partial charge in [0.05, 0.1) is 35.4 Å². The van der Waals surface area contributed by atoms with E-state index in [0.717, 1.165) is 42.1 Å². The second-order valence-electron chi connectivity index (χ2n) is 8.93. The molecule has 33 heavy (non-hydrogen) atoms. The van der Waals surface area contributed by atoms with E-state index in [1.54, 1.807) is 0 Å². The van der Waals surface area contributed by atoms with Gasteiger partial charge in [-0.25, -0.2) is 19.3 Å². The van der Waals surface area contributed by atoms with Gasteiger partial charge in [0.1, 0.15) is 22.1 Å². The number of nitrogens with zero attached hydrogens (tertiary/aromatic N) is 3. The summed E-state index contributed by atoms with van der Waals surface area (Å²) in [6.07, 6.45) is 5.05. The summed E-state index contributed by atoms with van der Waals surface area (Å²) >= 11 is 1.45. The smallest absolute Gasteiger partial charge is 0.308 e. The summed E-state index contributed by atoms with van der Waals surface area (Å²) in [6.45, 7) is -0.310. The van der Waals surface area contributed by atoms with E-state index in [1.165, 1.54) is 17.4 Å². The van der Waals surface area contributed by atoms with Crippen LogP contribution in [0, 0.1) is 23.6 Å². The zero-order chi connectivity index (χ0) is 22.7. The molecule has 4 aromatic rings. The number of thiophene rings is 1. The first-order valence-electron chi connectivity index (χ1n) is 11.1. The van der Waals surface area contributed by atoms with Crippen LogP contribution in [0.1, 0.15) is 31.4 Å². The van der Waals surface area contributed by atoms with E-state index in [1.807, 2.05) is 11.4 Å². The Morgan fingerprint density at radius 2 is 2.00 bits per heavy atom. The van der Waals surface area contributed by atoms with Crippen LogP contribution in [0.2, 0.25) is 0 Å². The van der Waals surface area contributed by atoms with Crippen LogP contribution in [-0.4, -0.2) is 42.2 Å². The van der Waals surface area contributed by atoms with E-state index >= 15 is 0 Å². The summed E-state index contributed by atoms with van der Waals surface area (Å²) in [6, 6.07) is 3.07. The standard InChI is InChI=1S/C23H22FN5O3S/c24-12-7-14-17(15(9-30)26-19(14)25-8-12)21-28-20(13-5-6-33-22(13)29-21)27-18-11-3-1-10(2-4-11)16(18)23(31)32/h5-8,10-11,16,18,30H,1-4,9H2,(H,25,26)(H,31,32)(H,27,28,29)/t10?,11?,16-,18-/m0/s1. The molecule has 0 aromatic carbocycles. The van der Waals surface area contributed by atoms with E-state index in [-0.39, 0.29) is 24.5 Å². The molecule has 8 nitrogen and oxygen atoms in total. The highest BCUT2D eigenvalue weighted by Crippen LogP contribution is 2.47. The lowest BCUT2D eigenvalue weighted by atomic mass is 9.61. The van der Waals surface area contributed by atoms with Crippen molar-refractivity contribution in [2.45, 2.75) is 38.3 Å². The molecule has 3 aliphatic rings. The maximum Gasteiger partial charge on any atom is 0.308 e. The van der Waals surface area contributed by atoms with Crippen LogP contribution in [0.25, 0.3) is 32.6 Å². The van der Waals surface area contributed by atoms with E-state index in [4.69, 9.17) is 9.97 Å². The molecule has 0 aliphatic heterocycles. The fraction of sp³-hybridized carbons (Fsp3) is 0.391. The van der Waals surface area contributed by atoms with Gasteiger partial charge in [-0.2, -0.15) is 0 Å². The third kappa shape index (κ3) is 3.27. The van der Waals surface area contributed by atoms with Crippen molar-refractivity contribution in [3.05, 3.63) is 35.2 Å². The lowest BCUT2D eigenvalue weighted by Crippen LogP contribution is -2.51. The number of aliphatic carboxylic acids is 1. The molecule has 0 amide bonds. The molecule has 4 aromatic heterocycles. The van der Waals surface area contributed by atoms with E-state index in [9.17, 15) is 19.4 Å². The molecule has 0 spiro atoms. The van der Waals surface area contributed by atoms with Crippen LogP contribution in [0.3, 0.4) is 0 Å². The van der Waals surface area contributed by atoms with Crippen LogP contribution in [0.5, 0.6) is 0 Å². The molecule has 3 aliphatic carbocycles. The highest BCUT2D eigenvalue weighted by molar-refractivity contribution is 7.16. The lowest BCUT2D eigenvalue weighted by molar-refractivity contribution is -0.148. The normalized spacial score (nSPS) is 24.5. The Bertz CT molecular complexity index is 1380. The summed E-state index contributed by atoms with van der Waals surface area (Å²) in [7, 11) is 0. The first kappa shape index (κ1) is 20.5. The fourth-order valence-corrected chi connectivity index (χ4v) is 6.48. The number of H-pyrrole nitrogens is 1. The number of hydrogen-bond donors (Lipinski definition) is 4. The molecular weight excluding hydrogens is 445 g/mol. The number of anilines is 1. The number of aliphatic hydroxyl groups excluding tert-OH is 1. The highest BCUT2D eigenvalue weighted by atomic mass is 32.1. The minimum Gasteiger partial charge on any atom is -0.481 e. The van der Waals surface area contributed by atoms with Gasteiger partial charge in [0.25, 0.3) is 0 Å². The molecule has 4 N–H and O–H groups in total. The molecule has 0 radical (unpaired) electrons. The molecule has 170 valence electrons. The van der Waals surface area contributed by atoms with Crippen LogP contribution < -0.4 is 5.32 Å². The van der Waals surface area contributed by atoms with E-state index in [0.29, 0.717) is 33.9 Å². The SMILES string of the molecule is O=C(O)[C@H]1C2CCC(CC2)[C@@H]1Nc1nc(-c2c(CO)[nH]c3ncc(F)cc23)nc2sccc12. The predicted molar refractivity (Wildman–Crippen MR) is 122 cm³/mol. The minimum absolute atomic E-state index is 0.174. The van der Waals surface area contributed by atoms with Gasteiger partial charge in [-0.3, -0.25) is 4.79 Å². The quantitative estimate of drug-likeness (QED) is 0.347. The molecule has 0 saturated heterocycles. The Morgan fingerprint density at radius 3 is 2.76 bits per heavy atom. The monoisotopic (exact) mass is 467 g/mol. The maximum absolute atomic E-state index is 14.0. The molecule has 3 saturated carbocycles. The summed E-state index contributed by atoms with van der Waals surface area (Å²) in [5.41, 5.74) is 1.39. The van der Waals surface area contributed by atoms with Crippen molar-refractivity contribution < 1.29 is 19.4 Å². The number of carboxylic acids is 1. The average Bonchev–Trinajstić information content (AvgIpc) is 3.43. The number of hydrogen-bond acceptors (Lipinski definition) is 7. The number of pyridine rings is 1. The molecule has 0 unspecified atom stereocenters. The van der Waals surface area contributed by atoms with Crippen molar-refractivity contribution in [3.63, 3.8) is 0 Å². The summed E-state index contributed by atoms with van der Waals surface area (Å²) in [4.78, 5) is 29.4. The summed E-state index contributed by atoms with van der Waals surface area (Å²) in [5.74, 6) is -0.353. The van der Waals surface area contributed by atoms with E-state index < -0.39 is 17.7 Å². The largest absolute Gasteiger partial charge is 0.481 e. The lowest BCUT2D eigenvalue weighted by Gasteiger charge is -2.47. The van der Waals surface area contributed by atoms with Gasteiger partial charge in [-0.1, -0.05) is 0 Å². The van der Waals surface area contributed by atoms with Crippen LogP contribution in [0.4, 0.5) is 10.2 Å². The van der Waals surface area contributed by atoms with Gasteiger partial charge in [0.2, 0.25) is 0 Å². The minimum atomic E-state index is -0.765. The first-order valence-corrected chi connectivity index (χ1v) is 11.9. The topological polar surface area (TPSA) is 124 Å². The van der Waals surface area contributed by atoms with E-state index in [2.05, 4.69) is 15.3 Å². The molecule has 10 heteroatoms. The second-order valence-corrected chi connectivity index (χ2v) is 9.83. The Morgan fingerprint density at radius 1 is 1.21 bits per heavy atom. The maximum atomic E-state index is 14.0. The van der Waals surface area contributed by atoms with Gasteiger partial charge >= 0.3 is 5.97 Å².